The summed E-state index contributed by atoms with van der Waals surface area (Å²) in [4.78, 5) is 34.5. The van der Waals surface area contributed by atoms with Crippen molar-refractivity contribution in [1.29, 1.82) is 0 Å². The lowest BCUT2D eigenvalue weighted by atomic mass is 9.83. The first kappa shape index (κ1) is 21.4. The van der Waals surface area contributed by atoms with Gasteiger partial charge in [-0.2, -0.15) is 13.2 Å². The Morgan fingerprint density at radius 1 is 1.12 bits per heavy atom. The van der Waals surface area contributed by atoms with Gasteiger partial charge in [0.05, 0.1) is 24.7 Å². The maximum absolute atomic E-state index is 13.3. The molecule has 0 unspecified atom stereocenters. The van der Waals surface area contributed by atoms with E-state index in [4.69, 9.17) is 9.47 Å². The van der Waals surface area contributed by atoms with Gasteiger partial charge in [0.25, 0.3) is 0 Å². The lowest BCUT2D eigenvalue weighted by Crippen LogP contribution is -2.37. The van der Waals surface area contributed by atoms with Crippen LogP contribution in [0.25, 0.3) is 0 Å². The summed E-state index contributed by atoms with van der Waals surface area (Å²) in [5, 5.41) is 11.0. The van der Waals surface area contributed by atoms with Gasteiger partial charge < -0.3 is 9.47 Å². The molecule has 0 saturated heterocycles. The number of carbonyl (C=O) groups excluding carboxylic acids is 2. The van der Waals surface area contributed by atoms with Crippen LogP contribution in [0.5, 0.6) is 0 Å². The van der Waals surface area contributed by atoms with Crippen LogP contribution in [-0.4, -0.2) is 36.6 Å². The molecule has 1 aromatic carbocycles. The number of rotatable bonds is 8. The number of hydrogen-bond acceptors (Lipinski definition) is 6. The van der Waals surface area contributed by atoms with Crippen molar-refractivity contribution in [2.75, 3.05) is 19.8 Å². The third-order valence-corrected chi connectivity index (χ3v) is 3.49. The molecule has 26 heavy (non-hydrogen) atoms. The first-order valence-electron chi connectivity index (χ1n) is 7.74. The van der Waals surface area contributed by atoms with Gasteiger partial charge in [0.2, 0.25) is 6.54 Å². The van der Waals surface area contributed by atoms with Gasteiger partial charge in [0.1, 0.15) is 0 Å². The van der Waals surface area contributed by atoms with E-state index in [0.29, 0.717) is 0 Å². The van der Waals surface area contributed by atoms with Gasteiger partial charge in [0, 0.05) is 4.92 Å². The van der Waals surface area contributed by atoms with Gasteiger partial charge in [-0.25, -0.2) is 0 Å². The molecule has 0 N–H and O–H groups in total. The summed E-state index contributed by atoms with van der Waals surface area (Å²) in [5.74, 6) is -5.92. The number of hydrogen-bond donors (Lipinski definition) is 0. The van der Waals surface area contributed by atoms with E-state index >= 15 is 0 Å². The number of esters is 2. The first-order chi connectivity index (χ1) is 12.1. The molecule has 0 radical (unpaired) electrons. The van der Waals surface area contributed by atoms with Crippen molar-refractivity contribution in [2.45, 2.75) is 25.9 Å². The van der Waals surface area contributed by atoms with Gasteiger partial charge in [-0.1, -0.05) is 18.2 Å². The van der Waals surface area contributed by atoms with Gasteiger partial charge in [0.15, 0.2) is 5.92 Å². The van der Waals surface area contributed by atoms with Crippen molar-refractivity contribution in [2.24, 2.45) is 5.92 Å². The second-order valence-electron chi connectivity index (χ2n) is 5.19. The molecule has 7 nitrogen and oxygen atoms in total. The maximum Gasteiger partial charge on any atom is 0.416 e. The Labute approximate surface area is 147 Å². The Morgan fingerprint density at radius 3 is 2.04 bits per heavy atom. The molecular weight excluding hydrogens is 359 g/mol. The summed E-state index contributed by atoms with van der Waals surface area (Å²) >= 11 is 0. The molecule has 10 heteroatoms. The number of alkyl halides is 3. The number of nitro groups is 1. The molecule has 0 saturated carbocycles. The van der Waals surface area contributed by atoms with Crippen LogP contribution < -0.4 is 0 Å². The standard InChI is InChI=1S/C16H18F3NO6/c1-3-25-14(21)13(15(22)26-4-2)11(9-20(23)24)10-7-5-6-8-12(10)16(17,18)19/h5-8,11,13H,3-4,9H2,1-2H3/t11-/m0/s1. The minimum Gasteiger partial charge on any atom is -0.465 e. The summed E-state index contributed by atoms with van der Waals surface area (Å²) in [6.45, 7) is 1.50. The summed E-state index contributed by atoms with van der Waals surface area (Å²) < 4.78 is 49.4. The smallest absolute Gasteiger partial charge is 0.416 e. The molecule has 0 heterocycles. The van der Waals surface area contributed by atoms with E-state index in [-0.39, 0.29) is 13.2 Å². The average molecular weight is 377 g/mol. The highest BCUT2D eigenvalue weighted by molar-refractivity contribution is 5.96. The second kappa shape index (κ2) is 9.16. The molecule has 0 aromatic heterocycles. The summed E-state index contributed by atoms with van der Waals surface area (Å²) in [7, 11) is 0. The average Bonchev–Trinajstić information content (AvgIpc) is 2.53. The molecular formula is C16H18F3NO6. The first-order valence-corrected chi connectivity index (χ1v) is 7.74. The molecule has 0 spiro atoms. The summed E-state index contributed by atoms with van der Waals surface area (Å²) in [6, 6.07) is 4.09. The molecule has 144 valence electrons. The van der Waals surface area contributed by atoms with Crippen molar-refractivity contribution < 1.29 is 37.2 Å². The normalized spacial score (nSPS) is 12.5. The van der Waals surface area contributed by atoms with Crippen molar-refractivity contribution in [3.8, 4) is 0 Å². The topological polar surface area (TPSA) is 95.7 Å². The van der Waals surface area contributed by atoms with Crippen LogP contribution in [0.3, 0.4) is 0 Å². The van der Waals surface area contributed by atoms with Crippen LogP contribution in [-0.2, 0) is 25.2 Å². The summed E-state index contributed by atoms with van der Waals surface area (Å²) in [5.41, 5.74) is -1.70. The Bertz CT molecular complexity index is 644. The minimum absolute atomic E-state index is 0.152. The highest BCUT2D eigenvalue weighted by Crippen LogP contribution is 2.38. The van der Waals surface area contributed by atoms with Crippen molar-refractivity contribution in [1.82, 2.24) is 0 Å². The molecule has 0 bridgehead atoms. The van der Waals surface area contributed by atoms with E-state index in [2.05, 4.69) is 0 Å². The SMILES string of the molecule is CCOC(=O)C(C(=O)OCC)[C@@H](C[N+](=O)[O-])c1ccccc1C(F)(F)F. The molecule has 0 aliphatic carbocycles. The highest BCUT2D eigenvalue weighted by atomic mass is 19.4. The maximum atomic E-state index is 13.3. The van der Waals surface area contributed by atoms with E-state index in [0.717, 1.165) is 18.2 Å². The van der Waals surface area contributed by atoms with Crippen molar-refractivity contribution >= 4 is 11.9 Å². The van der Waals surface area contributed by atoms with Gasteiger partial charge in [-0.3, -0.25) is 19.7 Å². The fraction of sp³-hybridized carbons (Fsp3) is 0.500. The zero-order valence-corrected chi connectivity index (χ0v) is 14.1. The van der Waals surface area contributed by atoms with Crippen LogP contribution in [0.2, 0.25) is 0 Å². The number of ether oxygens (including phenoxy) is 2. The Kier molecular flexibility index (Phi) is 7.54. The van der Waals surface area contributed by atoms with E-state index in [1.54, 1.807) is 0 Å². The molecule has 1 aromatic rings. The highest BCUT2D eigenvalue weighted by Gasteiger charge is 2.45. The Hall–Kier alpha value is -2.65. The number of halogens is 3. The molecule has 0 aliphatic heterocycles. The summed E-state index contributed by atoms with van der Waals surface area (Å²) in [6.07, 6.45) is -4.82. The lowest BCUT2D eigenvalue weighted by Gasteiger charge is -2.24. The van der Waals surface area contributed by atoms with Gasteiger partial charge in [-0.15, -0.1) is 0 Å². The number of carbonyl (C=O) groups is 2. The molecule has 0 amide bonds. The molecule has 0 aliphatic rings. The van der Waals surface area contributed by atoms with Gasteiger partial charge >= 0.3 is 18.1 Å². The van der Waals surface area contributed by atoms with Crippen LogP contribution in [0.15, 0.2) is 24.3 Å². The van der Waals surface area contributed by atoms with Crippen molar-refractivity contribution in [3.63, 3.8) is 0 Å². The molecule has 0 fully saturated rings. The number of nitrogens with zero attached hydrogens (tertiary/aromatic N) is 1. The van der Waals surface area contributed by atoms with Gasteiger partial charge in [-0.05, 0) is 25.5 Å². The minimum atomic E-state index is -4.82. The lowest BCUT2D eigenvalue weighted by molar-refractivity contribution is -0.484. The van der Waals surface area contributed by atoms with E-state index < -0.39 is 52.5 Å². The zero-order valence-electron chi connectivity index (χ0n) is 14.1. The van der Waals surface area contributed by atoms with E-state index in [9.17, 15) is 32.9 Å². The molecule has 1 atom stereocenters. The second-order valence-corrected chi connectivity index (χ2v) is 5.19. The van der Waals surface area contributed by atoms with Crippen LogP contribution in [0.4, 0.5) is 13.2 Å². The van der Waals surface area contributed by atoms with Crippen LogP contribution in [0.1, 0.15) is 30.9 Å². The predicted molar refractivity (Wildman–Crippen MR) is 82.8 cm³/mol. The predicted octanol–water partition coefficient (Wildman–Crippen LogP) is 2.81. The fourth-order valence-electron chi connectivity index (χ4n) is 2.51. The van der Waals surface area contributed by atoms with Crippen molar-refractivity contribution in [3.05, 3.63) is 45.5 Å². The number of benzene rings is 1. The molecule has 1 rings (SSSR count). The van der Waals surface area contributed by atoms with Crippen LogP contribution in [0, 0.1) is 16.0 Å². The third kappa shape index (κ3) is 5.43. The third-order valence-electron chi connectivity index (χ3n) is 3.49. The Morgan fingerprint density at radius 2 is 1.62 bits per heavy atom. The fourth-order valence-corrected chi connectivity index (χ4v) is 2.51. The largest absolute Gasteiger partial charge is 0.465 e. The Balaban J connectivity index is 3.53. The van der Waals surface area contributed by atoms with E-state index in [1.807, 2.05) is 0 Å². The monoisotopic (exact) mass is 377 g/mol. The van der Waals surface area contributed by atoms with E-state index in [1.165, 1.54) is 19.9 Å². The van der Waals surface area contributed by atoms with Crippen LogP contribution >= 0.6 is 0 Å². The quantitative estimate of drug-likeness (QED) is 0.299. The zero-order chi connectivity index (χ0) is 19.9.